The van der Waals surface area contributed by atoms with E-state index in [1.807, 2.05) is 0 Å². The van der Waals surface area contributed by atoms with Gasteiger partial charge in [0.2, 0.25) is 0 Å². The number of nitro groups is 1. The average molecular weight is 358 g/mol. The monoisotopic (exact) mass is 357 g/mol. The largest absolute Gasteiger partial charge is 0.363 e. The molecule has 20 heavy (non-hydrogen) atoms. The van der Waals surface area contributed by atoms with E-state index in [9.17, 15) is 18.5 Å². The van der Waals surface area contributed by atoms with Crippen LogP contribution in [0.25, 0.3) is 0 Å². The number of benzene rings is 1. The van der Waals surface area contributed by atoms with Gasteiger partial charge < -0.3 is 10.1 Å². The van der Waals surface area contributed by atoms with Gasteiger partial charge >= 0.3 is 5.82 Å². The number of aromatic nitrogens is 1. The van der Waals surface area contributed by atoms with Gasteiger partial charge in [-0.05, 0) is 44.0 Å². The van der Waals surface area contributed by atoms with Crippen molar-refractivity contribution >= 4 is 37.5 Å². The Balaban J connectivity index is 2.31. The van der Waals surface area contributed by atoms with Crippen LogP contribution in [0.1, 0.15) is 0 Å². The summed E-state index contributed by atoms with van der Waals surface area (Å²) in [6.07, 6.45) is 0.942. The van der Waals surface area contributed by atoms with Crippen LogP contribution in [0.3, 0.4) is 0 Å². The summed E-state index contributed by atoms with van der Waals surface area (Å²) in [6, 6.07) is 8.86. The third-order valence-corrected chi connectivity index (χ3v) is 4.38. The van der Waals surface area contributed by atoms with Crippen LogP contribution in [0.2, 0.25) is 0 Å². The van der Waals surface area contributed by atoms with E-state index in [0.29, 0.717) is 10.2 Å². The molecule has 0 aliphatic carbocycles. The summed E-state index contributed by atoms with van der Waals surface area (Å²) in [6.45, 7) is 0. The summed E-state index contributed by atoms with van der Waals surface area (Å²) in [5, 5.41) is 10.5. The SMILES string of the molecule is O=[N+]([O-])c1ccc(S(=O)(=O)Nc2ccccc2Br)cn1. The Morgan fingerprint density at radius 3 is 2.45 bits per heavy atom. The Kier molecular flexibility index (Phi) is 4.00. The lowest BCUT2D eigenvalue weighted by Gasteiger charge is -2.08. The summed E-state index contributed by atoms with van der Waals surface area (Å²) >= 11 is 3.22. The third kappa shape index (κ3) is 3.11. The molecule has 0 bridgehead atoms. The van der Waals surface area contributed by atoms with Crippen LogP contribution in [0.5, 0.6) is 0 Å². The minimum absolute atomic E-state index is 0.154. The fraction of sp³-hybridized carbons (Fsp3) is 0. The highest BCUT2D eigenvalue weighted by molar-refractivity contribution is 9.10. The second-order valence-corrected chi connectivity index (χ2v) is 6.23. The van der Waals surface area contributed by atoms with Crippen molar-refractivity contribution < 1.29 is 13.3 Å². The summed E-state index contributed by atoms with van der Waals surface area (Å²) in [5.41, 5.74) is 0.367. The second-order valence-electron chi connectivity index (χ2n) is 3.69. The first-order valence-electron chi connectivity index (χ1n) is 5.28. The van der Waals surface area contributed by atoms with E-state index in [0.717, 1.165) is 18.3 Å². The number of hydrogen-bond donors (Lipinski definition) is 1. The molecule has 0 radical (unpaired) electrons. The normalized spacial score (nSPS) is 11.1. The number of para-hydroxylation sites is 1. The fourth-order valence-electron chi connectivity index (χ4n) is 1.39. The molecule has 0 spiro atoms. The lowest BCUT2D eigenvalue weighted by molar-refractivity contribution is -0.389. The van der Waals surface area contributed by atoms with Crippen molar-refractivity contribution in [3.05, 3.63) is 57.2 Å². The highest BCUT2D eigenvalue weighted by atomic mass is 79.9. The molecule has 7 nitrogen and oxygen atoms in total. The van der Waals surface area contributed by atoms with E-state index in [1.54, 1.807) is 24.3 Å². The van der Waals surface area contributed by atoms with Gasteiger partial charge in [-0.2, -0.15) is 0 Å². The molecule has 104 valence electrons. The topological polar surface area (TPSA) is 102 Å². The van der Waals surface area contributed by atoms with Crippen LogP contribution < -0.4 is 4.72 Å². The zero-order valence-corrected chi connectivity index (χ0v) is 12.3. The maximum absolute atomic E-state index is 12.1. The van der Waals surface area contributed by atoms with E-state index in [-0.39, 0.29) is 4.90 Å². The highest BCUT2D eigenvalue weighted by Gasteiger charge is 2.19. The zero-order chi connectivity index (χ0) is 14.8. The van der Waals surface area contributed by atoms with Crippen molar-refractivity contribution in [1.82, 2.24) is 4.98 Å². The maximum atomic E-state index is 12.1. The molecule has 1 heterocycles. The quantitative estimate of drug-likeness (QED) is 0.668. The second kappa shape index (κ2) is 5.55. The average Bonchev–Trinajstić information content (AvgIpc) is 2.41. The fourth-order valence-corrected chi connectivity index (χ4v) is 2.93. The molecule has 2 rings (SSSR count). The molecule has 1 N–H and O–H groups in total. The van der Waals surface area contributed by atoms with Crippen LogP contribution in [0.15, 0.2) is 52.0 Å². The van der Waals surface area contributed by atoms with Gasteiger partial charge in [-0.1, -0.05) is 12.1 Å². The first kappa shape index (κ1) is 14.4. The molecule has 9 heteroatoms. The third-order valence-electron chi connectivity index (χ3n) is 2.34. The number of pyridine rings is 1. The number of sulfonamides is 1. The highest BCUT2D eigenvalue weighted by Crippen LogP contribution is 2.24. The van der Waals surface area contributed by atoms with Crippen LogP contribution in [-0.2, 0) is 10.0 Å². The molecule has 0 amide bonds. The van der Waals surface area contributed by atoms with Gasteiger partial charge in [0, 0.05) is 10.5 Å². The molecular formula is C11H8BrN3O4S. The Labute approximate surface area is 123 Å². The van der Waals surface area contributed by atoms with Crippen molar-refractivity contribution in [1.29, 1.82) is 0 Å². The summed E-state index contributed by atoms with van der Waals surface area (Å²) < 4.78 is 27.1. The van der Waals surface area contributed by atoms with Gasteiger partial charge in [0.1, 0.15) is 4.90 Å². The molecule has 2 aromatic rings. The van der Waals surface area contributed by atoms with Gasteiger partial charge in [-0.15, -0.1) is 0 Å². The lowest BCUT2D eigenvalue weighted by Crippen LogP contribution is -2.13. The first-order valence-corrected chi connectivity index (χ1v) is 7.55. The number of nitrogens with zero attached hydrogens (tertiary/aromatic N) is 2. The standard InChI is InChI=1S/C11H8BrN3O4S/c12-9-3-1-2-4-10(9)14-20(18,19)8-5-6-11(13-7-8)15(16)17/h1-7,14H. The van der Waals surface area contributed by atoms with E-state index in [4.69, 9.17) is 0 Å². The number of rotatable bonds is 4. The van der Waals surface area contributed by atoms with Crippen molar-refractivity contribution in [3.63, 3.8) is 0 Å². The Hall–Kier alpha value is -2.00. The van der Waals surface area contributed by atoms with Gasteiger partial charge in [0.25, 0.3) is 10.0 Å². The number of hydrogen-bond acceptors (Lipinski definition) is 5. The molecule has 1 aromatic carbocycles. The minimum atomic E-state index is -3.84. The Morgan fingerprint density at radius 1 is 1.20 bits per heavy atom. The zero-order valence-electron chi connectivity index (χ0n) is 9.86. The molecule has 0 aliphatic heterocycles. The van der Waals surface area contributed by atoms with E-state index >= 15 is 0 Å². The van der Waals surface area contributed by atoms with E-state index in [2.05, 4.69) is 25.6 Å². The molecule has 1 aromatic heterocycles. The predicted molar refractivity (Wildman–Crippen MR) is 75.8 cm³/mol. The number of halogens is 1. The Morgan fingerprint density at radius 2 is 1.90 bits per heavy atom. The molecule has 0 fully saturated rings. The molecule has 0 aliphatic rings. The summed E-state index contributed by atoms with van der Waals surface area (Å²) in [5.74, 6) is -0.412. The molecule has 0 atom stereocenters. The summed E-state index contributed by atoms with van der Waals surface area (Å²) in [7, 11) is -3.84. The van der Waals surface area contributed by atoms with Crippen molar-refractivity contribution in [3.8, 4) is 0 Å². The molecule has 0 unspecified atom stereocenters. The van der Waals surface area contributed by atoms with E-state index in [1.165, 1.54) is 0 Å². The van der Waals surface area contributed by atoms with Crippen LogP contribution in [0, 0.1) is 10.1 Å². The van der Waals surface area contributed by atoms with Gasteiger partial charge in [-0.25, -0.2) is 8.42 Å². The van der Waals surface area contributed by atoms with Crippen molar-refractivity contribution in [2.45, 2.75) is 4.90 Å². The number of anilines is 1. The van der Waals surface area contributed by atoms with E-state index < -0.39 is 20.8 Å². The number of nitrogens with one attached hydrogen (secondary N) is 1. The summed E-state index contributed by atoms with van der Waals surface area (Å²) in [4.78, 5) is 13.1. The predicted octanol–water partition coefficient (Wildman–Crippen LogP) is 2.55. The smallest absolute Gasteiger partial charge is 0.358 e. The van der Waals surface area contributed by atoms with Crippen molar-refractivity contribution in [2.75, 3.05) is 4.72 Å². The maximum Gasteiger partial charge on any atom is 0.363 e. The molecular weight excluding hydrogens is 350 g/mol. The van der Waals surface area contributed by atoms with Gasteiger partial charge in [-0.3, -0.25) is 4.72 Å². The molecule has 0 saturated heterocycles. The minimum Gasteiger partial charge on any atom is -0.358 e. The van der Waals surface area contributed by atoms with Gasteiger partial charge in [0.15, 0.2) is 6.20 Å². The lowest BCUT2D eigenvalue weighted by atomic mass is 10.3. The van der Waals surface area contributed by atoms with Crippen LogP contribution in [0.4, 0.5) is 11.5 Å². The van der Waals surface area contributed by atoms with Crippen molar-refractivity contribution in [2.24, 2.45) is 0 Å². The molecule has 0 saturated carbocycles. The van der Waals surface area contributed by atoms with Gasteiger partial charge in [0.05, 0.1) is 5.69 Å². The first-order chi connectivity index (χ1) is 9.40. The Bertz CT molecular complexity index is 747. The van der Waals surface area contributed by atoms with Crippen LogP contribution >= 0.6 is 15.9 Å². The van der Waals surface area contributed by atoms with Crippen LogP contribution in [-0.4, -0.2) is 18.3 Å².